The molecule has 1 aliphatic rings. The van der Waals surface area contributed by atoms with Gasteiger partial charge in [0.1, 0.15) is 18.5 Å². The fourth-order valence-corrected chi connectivity index (χ4v) is 3.46. The molecule has 11 heteroatoms. The molecule has 1 heterocycles. The van der Waals surface area contributed by atoms with Crippen LogP contribution >= 0.6 is 0 Å². The fraction of sp³-hybridized carbons (Fsp3) is 0.524. The summed E-state index contributed by atoms with van der Waals surface area (Å²) in [5.41, 5.74) is 0.310. The van der Waals surface area contributed by atoms with Gasteiger partial charge in [-0.15, -0.1) is 0 Å². The molecule has 5 atom stereocenters. The van der Waals surface area contributed by atoms with E-state index < -0.39 is 61.1 Å². The van der Waals surface area contributed by atoms with Gasteiger partial charge in [0.05, 0.1) is 13.2 Å². The molecule has 32 heavy (non-hydrogen) atoms. The van der Waals surface area contributed by atoms with Crippen molar-refractivity contribution in [3.05, 3.63) is 24.3 Å². The lowest BCUT2D eigenvalue weighted by molar-refractivity contribution is -0.517. The number of hydrogen-bond acceptors (Lipinski definition) is 10. The van der Waals surface area contributed by atoms with Gasteiger partial charge in [0.15, 0.2) is 12.2 Å². The molecule has 176 valence electrons. The Balaban J connectivity index is 2.52. The lowest BCUT2D eigenvalue weighted by atomic mass is 9.94. The SMILES string of the molecule is COc1ccc(N(C(C)=O)[C@@H]2[C@@H](OC(C)=O)[C@H](OC(C)=O)[C@@H](COC(C)=O)O[C@H]2[O-])cc1. The van der Waals surface area contributed by atoms with Crippen LogP contribution < -0.4 is 14.7 Å². The molecule has 1 aromatic rings. The van der Waals surface area contributed by atoms with Gasteiger partial charge in [-0.1, -0.05) is 0 Å². The summed E-state index contributed by atoms with van der Waals surface area (Å²) in [5.74, 6) is -2.18. The number of anilines is 1. The molecule has 0 radical (unpaired) electrons. The minimum Gasteiger partial charge on any atom is -0.829 e. The molecule has 0 aromatic heterocycles. The Morgan fingerprint density at radius 3 is 1.97 bits per heavy atom. The van der Waals surface area contributed by atoms with Crippen LogP contribution in [0.3, 0.4) is 0 Å². The summed E-state index contributed by atoms with van der Waals surface area (Å²) in [4.78, 5) is 48.6. The number of hydrogen-bond donors (Lipinski definition) is 0. The van der Waals surface area contributed by atoms with E-state index in [1.165, 1.54) is 14.0 Å². The first kappa shape index (κ1) is 25.1. The lowest BCUT2D eigenvalue weighted by Gasteiger charge is -2.51. The molecular weight excluding hydrogens is 426 g/mol. The minimum atomic E-state index is -1.92. The maximum Gasteiger partial charge on any atom is 0.303 e. The zero-order valence-corrected chi connectivity index (χ0v) is 18.4. The van der Waals surface area contributed by atoms with E-state index in [4.69, 9.17) is 23.7 Å². The van der Waals surface area contributed by atoms with Gasteiger partial charge in [-0.25, -0.2) is 0 Å². The van der Waals surface area contributed by atoms with Crippen LogP contribution in [-0.2, 0) is 38.1 Å². The van der Waals surface area contributed by atoms with Gasteiger partial charge in [-0.2, -0.15) is 0 Å². The molecule has 1 aliphatic heterocycles. The molecule has 2 rings (SSSR count). The van der Waals surface area contributed by atoms with Gasteiger partial charge in [0.2, 0.25) is 5.91 Å². The summed E-state index contributed by atoms with van der Waals surface area (Å²) >= 11 is 0. The molecular formula is C21H26NO10-. The first-order chi connectivity index (χ1) is 15.0. The van der Waals surface area contributed by atoms with Crippen LogP contribution in [0.25, 0.3) is 0 Å². The largest absolute Gasteiger partial charge is 0.829 e. The Hall–Kier alpha value is -3.18. The van der Waals surface area contributed by atoms with Crippen molar-refractivity contribution < 1.29 is 48.0 Å². The number of esters is 3. The normalized spacial score (nSPS) is 24.8. The quantitative estimate of drug-likeness (QED) is 0.408. The molecule has 0 aliphatic carbocycles. The Labute approximate surface area is 185 Å². The van der Waals surface area contributed by atoms with Crippen molar-refractivity contribution >= 4 is 29.5 Å². The van der Waals surface area contributed by atoms with E-state index in [2.05, 4.69) is 0 Å². The molecule has 0 unspecified atom stereocenters. The van der Waals surface area contributed by atoms with Crippen molar-refractivity contribution in [2.45, 2.75) is 58.3 Å². The summed E-state index contributed by atoms with van der Waals surface area (Å²) in [6.07, 6.45) is -5.83. The third-order valence-corrected chi connectivity index (χ3v) is 4.66. The molecule has 0 bridgehead atoms. The third kappa shape index (κ3) is 6.17. The van der Waals surface area contributed by atoms with Crippen LogP contribution in [0.4, 0.5) is 5.69 Å². The topological polar surface area (TPSA) is 141 Å². The van der Waals surface area contributed by atoms with E-state index in [0.717, 1.165) is 25.7 Å². The van der Waals surface area contributed by atoms with E-state index in [9.17, 15) is 24.3 Å². The first-order valence-electron chi connectivity index (χ1n) is 9.78. The van der Waals surface area contributed by atoms with Gasteiger partial charge in [-0.05, 0) is 24.3 Å². The van der Waals surface area contributed by atoms with Crippen LogP contribution in [0.15, 0.2) is 24.3 Å². The number of benzene rings is 1. The highest BCUT2D eigenvalue weighted by Gasteiger charge is 2.50. The Kier molecular flexibility index (Phi) is 8.56. The minimum absolute atomic E-state index is 0.310. The second-order valence-electron chi connectivity index (χ2n) is 7.07. The van der Waals surface area contributed by atoms with Gasteiger partial charge in [0.25, 0.3) is 0 Å². The zero-order chi connectivity index (χ0) is 24.0. The van der Waals surface area contributed by atoms with Crippen LogP contribution in [-0.4, -0.2) is 68.2 Å². The Bertz CT molecular complexity index is 839. The Morgan fingerprint density at radius 1 is 0.938 bits per heavy atom. The molecule has 0 spiro atoms. The maximum atomic E-state index is 13.1. The summed E-state index contributed by atoms with van der Waals surface area (Å²) < 4.78 is 26.2. The standard InChI is InChI=1S/C21H26NO10/c1-11(23)22(15-6-8-16(28-5)9-7-15)18-20(31-14(4)26)19(30-13(3)25)17(32-21(18)27)10-29-12(2)24/h6-9,17-21H,10H2,1-5H3/q-1/t17-,18-,19-,20-,21-/m1/s1. The van der Waals surface area contributed by atoms with E-state index in [1.807, 2.05) is 0 Å². The van der Waals surface area contributed by atoms with Crippen molar-refractivity contribution in [2.75, 3.05) is 18.6 Å². The second kappa shape index (κ2) is 10.9. The molecule has 0 saturated carbocycles. The third-order valence-electron chi connectivity index (χ3n) is 4.66. The predicted octanol–water partition coefficient (Wildman–Crippen LogP) is -0.0716. The molecule has 11 nitrogen and oxygen atoms in total. The van der Waals surface area contributed by atoms with Crippen molar-refractivity contribution in [1.82, 2.24) is 0 Å². The van der Waals surface area contributed by atoms with Gasteiger partial charge >= 0.3 is 17.9 Å². The highest BCUT2D eigenvalue weighted by Crippen LogP contribution is 2.32. The summed E-state index contributed by atoms with van der Waals surface area (Å²) in [5, 5.41) is 13.1. The molecule has 1 aromatic carbocycles. The van der Waals surface area contributed by atoms with E-state index in [1.54, 1.807) is 24.3 Å². The molecule has 0 N–H and O–H groups in total. The highest BCUT2D eigenvalue weighted by atomic mass is 16.7. The van der Waals surface area contributed by atoms with Crippen molar-refractivity contribution in [3.8, 4) is 5.75 Å². The zero-order valence-electron chi connectivity index (χ0n) is 18.4. The first-order valence-corrected chi connectivity index (χ1v) is 9.78. The van der Waals surface area contributed by atoms with Crippen LogP contribution in [0.1, 0.15) is 27.7 Å². The van der Waals surface area contributed by atoms with Gasteiger partial charge < -0.3 is 33.7 Å². The smallest absolute Gasteiger partial charge is 0.303 e. The fourth-order valence-electron chi connectivity index (χ4n) is 3.46. The van der Waals surface area contributed by atoms with E-state index >= 15 is 0 Å². The Morgan fingerprint density at radius 2 is 1.50 bits per heavy atom. The van der Waals surface area contributed by atoms with Crippen LogP contribution in [0, 0.1) is 0 Å². The number of carbonyl (C=O) groups excluding carboxylic acids is 4. The maximum absolute atomic E-state index is 13.1. The summed E-state index contributed by atoms with van der Waals surface area (Å²) in [7, 11) is 1.48. The lowest BCUT2D eigenvalue weighted by Crippen LogP contribution is -2.70. The van der Waals surface area contributed by atoms with Crippen LogP contribution in [0.2, 0.25) is 0 Å². The second-order valence-corrected chi connectivity index (χ2v) is 7.07. The molecule has 1 amide bonds. The number of methoxy groups -OCH3 is 1. The summed E-state index contributed by atoms with van der Waals surface area (Å²) in [6.45, 7) is 4.21. The average Bonchev–Trinajstić information content (AvgIpc) is 2.70. The van der Waals surface area contributed by atoms with Gasteiger partial charge in [0, 0.05) is 39.7 Å². The van der Waals surface area contributed by atoms with Crippen LogP contribution in [0.5, 0.6) is 5.75 Å². The number of amides is 1. The molecule has 1 saturated heterocycles. The molecule has 1 fully saturated rings. The van der Waals surface area contributed by atoms with E-state index in [-0.39, 0.29) is 0 Å². The van der Waals surface area contributed by atoms with Crippen molar-refractivity contribution in [1.29, 1.82) is 0 Å². The predicted molar refractivity (Wildman–Crippen MR) is 106 cm³/mol. The van der Waals surface area contributed by atoms with Crippen molar-refractivity contribution in [3.63, 3.8) is 0 Å². The monoisotopic (exact) mass is 452 g/mol. The number of rotatable bonds is 7. The summed E-state index contributed by atoms with van der Waals surface area (Å²) in [6, 6.07) is 4.88. The van der Waals surface area contributed by atoms with Gasteiger partial charge in [-0.3, -0.25) is 19.2 Å². The highest BCUT2D eigenvalue weighted by molar-refractivity contribution is 5.92. The van der Waals surface area contributed by atoms with Crippen molar-refractivity contribution in [2.24, 2.45) is 0 Å². The average molecular weight is 452 g/mol. The number of nitrogens with zero attached hydrogens (tertiary/aromatic N) is 1. The number of ether oxygens (including phenoxy) is 5. The number of carbonyl (C=O) groups is 4. The van der Waals surface area contributed by atoms with E-state index in [0.29, 0.717) is 11.4 Å².